The van der Waals surface area contributed by atoms with Gasteiger partial charge in [0.15, 0.2) is 0 Å². The Balaban J connectivity index is 1.99. The van der Waals surface area contributed by atoms with Crippen molar-refractivity contribution < 1.29 is 9.53 Å². The minimum Gasteiger partial charge on any atom is -0.468 e. The van der Waals surface area contributed by atoms with Crippen molar-refractivity contribution in [3.05, 3.63) is 17.5 Å². The summed E-state index contributed by atoms with van der Waals surface area (Å²) in [5.74, 6) is -0.269. The number of rotatable bonds is 3. The molecule has 0 aliphatic heterocycles. The summed E-state index contributed by atoms with van der Waals surface area (Å²) in [7, 11) is 1.41. The number of hydrogen-bond donors (Lipinski definition) is 1. The minimum absolute atomic E-state index is 0.269. The lowest BCUT2D eigenvalue weighted by Crippen LogP contribution is -2.52. The molecular formula is C12H17NO2S2. The highest BCUT2D eigenvalue weighted by Crippen LogP contribution is 2.39. The van der Waals surface area contributed by atoms with E-state index in [0.29, 0.717) is 11.7 Å². The zero-order valence-corrected chi connectivity index (χ0v) is 11.5. The molecule has 1 fully saturated rings. The van der Waals surface area contributed by atoms with E-state index in [4.69, 9.17) is 10.5 Å². The maximum absolute atomic E-state index is 11.7. The molecule has 2 rings (SSSR count). The van der Waals surface area contributed by atoms with Gasteiger partial charge in [0.1, 0.15) is 5.54 Å². The van der Waals surface area contributed by atoms with E-state index in [9.17, 15) is 4.79 Å². The summed E-state index contributed by atoms with van der Waals surface area (Å²) >= 11 is 3.57. The van der Waals surface area contributed by atoms with Gasteiger partial charge in [0.05, 0.1) is 11.3 Å². The number of thioether (sulfide) groups is 1. The molecule has 0 bridgehead atoms. The van der Waals surface area contributed by atoms with E-state index >= 15 is 0 Å². The average Bonchev–Trinajstić information content (AvgIpc) is 2.81. The molecule has 2 N–H and O–H groups in total. The van der Waals surface area contributed by atoms with Crippen molar-refractivity contribution in [3.63, 3.8) is 0 Å². The topological polar surface area (TPSA) is 52.3 Å². The predicted molar refractivity (Wildman–Crippen MR) is 71.4 cm³/mol. The summed E-state index contributed by atoms with van der Waals surface area (Å²) < 4.78 is 6.10. The molecular weight excluding hydrogens is 254 g/mol. The second-order valence-electron chi connectivity index (χ2n) is 4.42. The molecule has 5 heteroatoms. The Hall–Kier alpha value is -0.520. The SMILES string of the molecule is COC(=O)C1(N)CCCC(Sc2cccs2)C1. The molecule has 94 valence electrons. The summed E-state index contributed by atoms with van der Waals surface area (Å²) in [6.07, 6.45) is 3.57. The number of hydrogen-bond acceptors (Lipinski definition) is 5. The van der Waals surface area contributed by atoms with Crippen LogP contribution in [0.2, 0.25) is 0 Å². The molecule has 1 aromatic rings. The number of nitrogens with two attached hydrogens (primary N) is 1. The van der Waals surface area contributed by atoms with Crippen LogP contribution in [0.1, 0.15) is 25.7 Å². The van der Waals surface area contributed by atoms with Gasteiger partial charge >= 0.3 is 5.97 Å². The molecule has 1 heterocycles. The number of esters is 1. The van der Waals surface area contributed by atoms with Crippen molar-refractivity contribution in [1.82, 2.24) is 0 Å². The first kappa shape index (κ1) is 12.9. The molecule has 2 atom stereocenters. The van der Waals surface area contributed by atoms with Crippen LogP contribution >= 0.6 is 23.1 Å². The third-order valence-corrected chi connectivity index (χ3v) is 5.45. The third kappa shape index (κ3) is 3.03. The van der Waals surface area contributed by atoms with Crippen LogP contribution in [0.5, 0.6) is 0 Å². The summed E-state index contributed by atoms with van der Waals surface area (Å²) in [6.45, 7) is 0. The van der Waals surface area contributed by atoms with Crippen LogP contribution in [-0.2, 0) is 9.53 Å². The quantitative estimate of drug-likeness (QED) is 0.859. The van der Waals surface area contributed by atoms with Crippen molar-refractivity contribution in [2.24, 2.45) is 5.73 Å². The van der Waals surface area contributed by atoms with E-state index in [-0.39, 0.29) is 5.97 Å². The van der Waals surface area contributed by atoms with Crippen molar-refractivity contribution in [2.75, 3.05) is 7.11 Å². The predicted octanol–water partition coefficient (Wildman–Crippen LogP) is 2.65. The van der Waals surface area contributed by atoms with Crippen molar-refractivity contribution in [2.45, 2.75) is 40.7 Å². The zero-order valence-electron chi connectivity index (χ0n) is 9.85. The van der Waals surface area contributed by atoms with Crippen LogP contribution < -0.4 is 5.73 Å². The Morgan fingerprint density at radius 3 is 3.18 bits per heavy atom. The van der Waals surface area contributed by atoms with Gasteiger partial charge in [-0.2, -0.15) is 0 Å². The van der Waals surface area contributed by atoms with E-state index in [2.05, 4.69) is 11.4 Å². The van der Waals surface area contributed by atoms with Gasteiger partial charge in [-0.25, -0.2) is 0 Å². The normalized spacial score (nSPS) is 28.9. The number of thiophene rings is 1. The molecule has 17 heavy (non-hydrogen) atoms. The largest absolute Gasteiger partial charge is 0.468 e. The third-order valence-electron chi connectivity index (χ3n) is 3.11. The van der Waals surface area contributed by atoms with Crippen molar-refractivity contribution in [1.29, 1.82) is 0 Å². The minimum atomic E-state index is -0.776. The monoisotopic (exact) mass is 271 g/mol. The second kappa shape index (κ2) is 5.42. The van der Waals surface area contributed by atoms with Crippen LogP contribution in [0.25, 0.3) is 0 Å². The Labute approximate surface area is 110 Å². The fourth-order valence-corrected chi connectivity index (χ4v) is 4.64. The van der Waals surface area contributed by atoms with Gasteiger partial charge in [-0.05, 0) is 37.1 Å². The summed E-state index contributed by atoms with van der Waals surface area (Å²) in [5, 5.41) is 2.49. The first-order valence-corrected chi connectivity index (χ1v) is 7.47. The van der Waals surface area contributed by atoms with Gasteiger partial charge in [-0.15, -0.1) is 23.1 Å². The Bertz CT molecular complexity index is 380. The molecule has 0 spiro atoms. The maximum atomic E-state index is 11.7. The Morgan fingerprint density at radius 2 is 2.53 bits per heavy atom. The maximum Gasteiger partial charge on any atom is 0.325 e. The zero-order chi connectivity index (χ0) is 12.3. The van der Waals surface area contributed by atoms with Gasteiger partial charge in [0.25, 0.3) is 0 Å². The van der Waals surface area contributed by atoms with E-state index in [0.717, 1.165) is 19.3 Å². The van der Waals surface area contributed by atoms with Gasteiger partial charge in [0, 0.05) is 5.25 Å². The highest BCUT2D eigenvalue weighted by molar-refractivity contribution is 8.01. The van der Waals surface area contributed by atoms with Gasteiger partial charge < -0.3 is 10.5 Å². The first-order chi connectivity index (χ1) is 8.14. The van der Waals surface area contributed by atoms with E-state index in [1.807, 2.05) is 17.8 Å². The summed E-state index contributed by atoms with van der Waals surface area (Å²) in [5.41, 5.74) is 5.37. The number of carbonyl (C=O) groups excluding carboxylic acids is 1. The molecule has 0 saturated heterocycles. The fraction of sp³-hybridized carbons (Fsp3) is 0.583. The lowest BCUT2D eigenvalue weighted by molar-refractivity contribution is -0.148. The number of methoxy groups -OCH3 is 1. The molecule has 1 aromatic heterocycles. The molecule has 2 unspecified atom stereocenters. The van der Waals surface area contributed by atoms with E-state index in [1.54, 1.807) is 11.3 Å². The smallest absolute Gasteiger partial charge is 0.325 e. The first-order valence-electron chi connectivity index (χ1n) is 5.71. The average molecular weight is 271 g/mol. The van der Waals surface area contributed by atoms with E-state index in [1.165, 1.54) is 11.3 Å². The van der Waals surface area contributed by atoms with Crippen molar-refractivity contribution in [3.8, 4) is 0 Å². The fourth-order valence-electron chi connectivity index (χ4n) is 2.24. The van der Waals surface area contributed by atoms with Gasteiger partial charge in [0.2, 0.25) is 0 Å². The lowest BCUT2D eigenvalue weighted by Gasteiger charge is -2.34. The number of ether oxygens (including phenoxy) is 1. The standard InChI is InChI=1S/C12H17NO2S2/c1-15-11(14)12(13)6-2-4-9(8-12)17-10-5-3-7-16-10/h3,5,7,9H,2,4,6,8,13H2,1H3. The number of carbonyl (C=O) groups is 1. The van der Waals surface area contributed by atoms with Crippen LogP contribution in [0.3, 0.4) is 0 Å². The second-order valence-corrected chi connectivity index (χ2v) is 6.96. The molecule has 1 saturated carbocycles. The van der Waals surface area contributed by atoms with Crippen LogP contribution in [0, 0.1) is 0 Å². The lowest BCUT2D eigenvalue weighted by atomic mass is 9.82. The highest BCUT2D eigenvalue weighted by Gasteiger charge is 2.40. The van der Waals surface area contributed by atoms with Crippen LogP contribution in [-0.4, -0.2) is 23.9 Å². The molecule has 1 aliphatic rings. The van der Waals surface area contributed by atoms with Crippen molar-refractivity contribution >= 4 is 29.1 Å². The summed E-state index contributed by atoms with van der Waals surface area (Å²) in [6, 6.07) is 4.16. The molecule has 0 amide bonds. The summed E-state index contributed by atoms with van der Waals surface area (Å²) in [4.78, 5) is 11.7. The Morgan fingerprint density at radius 1 is 1.71 bits per heavy atom. The molecule has 1 aliphatic carbocycles. The highest BCUT2D eigenvalue weighted by atomic mass is 32.2. The van der Waals surface area contributed by atoms with E-state index < -0.39 is 5.54 Å². The van der Waals surface area contributed by atoms with Crippen LogP contribution in [0.4, 0.5) is 0 Å². The van der Waals surface area contributed by atoms with Gasteiger partial charge in [-0.1, -0.05) is 6.07 Å². The molecule has 0 aromatic carbocycles. The van der Waals surface area contributed by atoms with Gasteiger partial charge in [-0.3, -0.25) is 4.79 Å². The molecule has 0 radical (unpaired) electrons. The molecule has 3 nitrogen and oxygen atoms in total. The van der Waals surface area contributed by atoms with Crippen LogP contribution in [0.15, 0.2) is 21.7 Å². The Kier molecular flexibility index (Phi) is 4.12.